The number of allylic oxidation sites excluding steroid dienone is 6. The van der Waals surface area contributed by atoms with Gasteiger partial charge in [-0.15, -0.1) is 0 Å². The van der Waals surface area contributed by atoms with E-state index in [-0.39, 0.29) is 0 Å². The van der Waals surface area contributed by atoms with Crippen LogP contribution in [0, 0.1) is 0 Å². The van der Waals surface area contributed by atoms with Crippen molar-refractivity contribution in [2.24, 2.45) is 0 Å². The average Bonchev–Trinajstić information content (AvgIpc) is 2.65. The van der Waals surface area contributed by atoms with Gasteiger partial charge < -0.3 is 10.6 Å². The predicted octanol–water partition coefficient (Wildman–Crippen LogP) is 6.46. The Morgan fingerprint density at radius 2 is 0.885 bits per heavy atom. The van der Waals surface area contributed by atoms with Gasteiger partial charge in [-0.3, -0.25) is 0 Å². The highest BCUT2D eigenvalue weighted by Gasteiger charge is 1.95. The molecule has 0 radical (unpaired) electrons. The summed E-state index contributed by atoms with van der Waals surface area (Å²) in [6, 6.07) is 19.8. The number of hydrogen-bond acceptors (Lipinski definition) is 2. The monoisotopic (exact) mass is 340 g/mol. The van der Waals surface area contributed by atoms with Gasteiger partial charge in [0.15, 0.2) is 0 Å². The van der Waals surface area contributed by atoms with Gasteiger partial charge in [0, 0.05) is 22.8 Å². The van der Waals surface area contributed by atoms with Crippen molar-refractivity contribution in [2.45, 2.75) is 0 Å². The minimum Gasteiger partial charge on any atom is -0.356 e. The Labute approximate surface area is 156 Å². The van der Waals surface area contributed by atoms with E-state index in [2.05, 4.69) is 36.9 Å². The molecule has 0 heterocycles. The van der Waals surface area contributed by atoms with E-state index in [1.54, 1.807) is 0 Å². The fourth-order valence-corrected chi connectivity index (χ4v) is 2.11. The van der Waals surface area contributed by atoms with Crippen LogP contribution in [0.4, 0.5) is 11.4 Å². The summed E-state index contributed by atoms with van der Waals surface area (Å²) in [4.78, 5) is 0. The van der Waals surface area contributed by atoms with E-state index in [0.717, 1.165) is 33.9 Å². The third-order valence-corrected chi connectivity index (χ3v) is 3.54. The summed E-state index contributed by atoms with van der Waals surface area (Å²) >= 11 is 0. The van der Waals surface area contributed by atoms with E-state index in [1.807, 2.05) is 85.0 Å². The smallest absolute Gasteiger partial charge is 0.0384 e. The van der Waals surface area contributed by atoms with Crippen LogP contribution in [0.5, 0.6) is 0 Å². The number of hydrogen-bond donors (Lipinski definition) is 2. The first-order valence-corrected chi connectivity index (χ1v) is 8.31. The number of anilines is 2. The molecule has 0 fully saturated rings. The molecular weight excluding hydrogens is 316 g/mol. The molecule has 0 amide bonds. The zero-order valence-corrected chi connectivity index (χ0v) is 14.9. The first kappa shape index (κ1) is 18.8. The molecule has 2 aromatic rings. The van der Waals surface area contributed by atoms with E-state index in [4.69, 9.17) is 0 Å². The van der Waals surface area contributed by atoms with E-state index in [9.17, 15) is 0 Å². The van der Waals surface area contributed by atoms with E-state index >= 15 is 0 Å². The van der Waals surface area contributed by atoms with Gasteiger partial charge in [-0.05, 0) is 47.6 Å². The molecule has 130 valence electrons. The molecule has 2 N–H and O–H groups in total. The first-order chi connectivity index (χ1) is 12.5. The molecule has 0 saturated carbocycles. The highest BCUT2D eigenvalue weighted by atomic mass is 14.9. The summed E-state index contributed by atoms with van der Waals surface area (Å²) in [5, 5.41) is 6.44. The maximum absolute atomic E-state index is 4.04. The van der Waals surface area contributed by atoms with E-state index in [0.29, 0.717) is 0 Å². The molecule has 0 aliphatic rings. The topological polar surface area (TPSA) is 24.1 Å². The van der Waals surface area contributed by atoms with Crippen LogP contribution in [0.2, 0.25) is 0 Å². The van der Waals surface area contributed by atoms with Crippen LogP contribution < -0.4 is 10.6 Å². The van der Waals surface area contributed by atoms with Crippen LogP contribution in [0.25, 0.3) is 0 Å². The molecule has 0 atom stereocenters. The Balaban J connectivity index is 1.83. The highest BCUT2D eigenvalue weighted by molar-refractivity contribution is 5.53. The molecule has 2 rings (SSSR count). The van der Waals surface area contributed by atoms with Gasteiger partial charge in [-0.2, -0.15) is 0 Å². The van der Waals surface area contributed by atoms with Crippen LogP contribution in [0.3, 0.4) is 0 Å². The molecule has 0 unspecified atom stereocenters. The van der Waals surface area contributed by atoms with Gasteiger partial charge in [-0.1, -0.05) is 74.9 Å². The van der Waals surface area contributed by atoms with Crippen molar-refractivity contribution in [1.82, 2.24) is 0 Å². The van der Waals surface area contributed by atoms with Crippen molar-refractivity contribution in [3.8, 4) is 0 Å². The second-order valence-electron chi connectivity index (χ2n) is 5.75. The molecule has 26 heavy (non-hydrogen) atoms. The third kappa shape index (κ3) is 6.54. The van der Waals surface area contributed by atoms with Gasteiger partial charge in [-0.25, -0.2) is 0 Å². The lowest BCUT2D eigenvalue weighted by Gasteiger charge is -2.07. The largest absolute Gasteiger partial charge is 0.356 e. The van der Waals surface area contributed by atoms with Crippen LogP contribution in [-0.2, 0) is 0 Å². The van der Waals surface area contributed by atoms with Crippen LogP contribution in [0.15, 0.2) is 134 Å². The zero-order valence-electron chi connectivity index (χ0n) is 14.9. The molecule has 0 aliphatic heterocycles. The van der Waals surface area contributed by atoms with E-state index < -0.39 is 0 Å². The fraction of sp³-hybridized carbons (Fsp3) is 0. The molecule has 2 nitrogen and oxygen atoms in total. The van der Waals surface area contributed by atoms with Gasteiger partial charge in [0.1, 0.15) is 0 Å². The predicted molar refractivity (Wildman–Crippen MR) is 115 cm³/mol. The van der Waals surface area contributed by atoms with Crippen molar-refractivity contribution in [3.05, 3.63) is 134 Å². The summed E-state index contributed by atoms with van der Waals surface area (Å²) < 4.78 is 0. The molecule has 2 aromatic carbocycles. The lowest BCUT2D eigenvalue weighted by molar-refractivity contribution is 1.47. The molecule has 0 bridgehead atoms. The van der Waals surface area contributed by atoms with Gasteiger partial charge in [0.2, 0.25) is 0 Å². The zero-order chi connectivity index (χ0) is 18.8. The Kier molecular flexibility index (Phi) is 7.02. The van der Waals surface area contributed by atoms with Crippen molar-refractivity contribution >= 4 is 11.4 Å². The van der Waals surface area contributed by atoms with Gasteiger partial charge in [0.05, 0.1) is 0 Å². The molecule has 0 aliphatic carbocycles. The maximum Gasteiger partial charge on any atom is 0.0384 e. The summed E-state index contributed by atoms with van der Waals surface area (Å²) in [5.74, 6) is 0. The molecule has 0 aromatic heterocycles. The SMILES string of the molecule is C=C(/C=C\C(=C)C(=C)/C=C\C(=C)Nc1ccccc1)Nc1ccccc1. The third-order valence-electron chi connectivity index (χ3n) is 3.54. The highest BCUT2D eigenvalue weighted by Crippen LogP contribution is 2.14. The van der Waals surface area contributed by atoms with Crippen molar-refractivity contribution < 1.29 is 0 Å². The van der Waals surface area contributed by atoms with Crippen molar-refractivity contribution in [1.29, 1.82) is 0 Å². The van der Waals surface area contributed by atoms with Crippen molar-refractivity contribution in [3.63, 3.8) is 0 Å². The number of nitrogens with one attached hydrogen (secondary N) is 2. The second kappa shape index (κ2) is 9.70. The second-order valence-corrected chi connectivity index (χ2v) is 5.75. The Hall–Kier alpha value is -3.52. The molecule has 2 heteroatoms. The minimum atomic E-state index is 0.782. The normalized spacial score (nSPS) is 10.6. The van der Waals surface area contributed by atoms with Gasteiger partial charge >= 0.3 is 0 Å². The Morgan fingerprint density at radius 1 is 0.538 bits per heavy atom. The minimum absolute atomic E-state index is 0.782. The van der Waals surface area contributed by atoms with Crippen LogP contribution in [0.1, 0.15) is 0 Å². The number of para-hydroxylation sites is 2. The van der Waals surface area contributed by atoms with Gasteiger partial charge in [0.25, 0.3) is 0 Å². The Morgan fingerprint density at radius 3 is 1.23 bits per heavy atom. The molecule has 0 spiro atoms. The standard InChI is InChI=1S/C24H24N2/c1-19(15-17-21(3)25-23-11-7-5-8-12-23)20(2)16-18-22(4)26-24-13-9-6-10-14-24/h5-18,25-26H,1-4H2/b17-15-,18-16-. The fourth-order valence-electron chi connectivity index (χ4n) is 2.11. The molecular formula is C24H24N2. The summed E-state index contributed by atoms with van der Waals surface area (Å²) in [6.07, 6.45) is 7.54. The summed E-state index contributed by atoms with van der Waals surface area (Å²) in [5.41, 5.74) is 5.17. The number of rotatable bonds is 9. The summed E-state index contributed by atoms with van der Waals surface area (Å²) in [6.45, 7) is 16.1. The van der Waals surface area contributed by atoms with E-state index in [1.165, 1.54) is 0 Å². The summed E-state index contributed by atoms with van der Waals surface area (Å²) in [7, 11) is 0. The molecule has 0 saturated heterocycles. The average molecular weight is 340 g/mol. The lowest BCUT2D eigenvalue weighted by atomic mass is 10.1. The lowest BCUT2D eigenvalue weighted by Crippen LogP contribution is -1.95. The maximum atomic E-state index is 4.04. The quantitative estimate of drug-likeness (QED) is 0.512. The van der Waals surface area contributed by atoms with Crippen molar-refractivity contribution in [2.75, 3.05) is 10.6 Å². The Bertz CT molecular complexity index is 767. The van der Waals surface area contributed by atoms with Crippen LogP contribution in [-0.4, -0.2) is 0 Å². The first-order valence-electron chi connectivity index (χ1n) is 8.31. The number of benzene rings is 2. The van der Waals surface area contributed by atoms with Crippen LogP contribution >= 0.6 is 0 Å².